The highest BCUT2D eigenvalue weighted by molar-refractivity contribution is 6.30. The largest absolute Gasteiger partial charge is 0.486 e. The Morgan fingerprint density at radius 1 is 1.19 bits per heavy atom. The van der Waals surface area contributed by atoms with Gasteiger partial charge in [-0.1, -0.05) is 21.9 Å². The molecular weight excluding hydrogens is 358 g/mol. The van der Waals surface area contributed by atoms with Gasteiger partial charge in [0.15, 0.2) is 5.76 Å². The fourth-order valence-corrected chi connectivity index (χ4v) is 2.44. The summed E-state index contributed by atoms with van der Waals surface area (Å²) in [5.74, 6) is 1.24. The van der Waals surface area contributed by atoms with E-state index in [1.165, 1.54) is 0 Å². The molecule has 0 N–H and O–H groups in total. The Morgan fingerprint density at radius 3 is 2.62 bits per heavy atom. The van der Waals surface area contributed by atoms with E-state index in [-0.39, 0.29) is 18.3 Å². The normalized spacial score (nSPS) is 10.7. The van der Waals surface area contributed by atoms with Crippen LogP contribution in [0, 0.1) is 6.92 Å². The van der Waals surface area contributed by atoms with E-state index in [0.717, 1.165) is 0 Å². The van der Waals surface area contributed by atoms with Crippen molar-refractivity contribution >= 4 is 17.5 Å². The van der Waals surface area contributed by atoms with Crippen LogP contribution in [-0.2, 0) is 13.2 Å². The van der Waals surface area contributed by atoms with Crippen LogP contribution in [0.25, 0.3) is 0 Å². The minimum absolute atomic E-state index is 0.216. The van der Waals surface area contributed by atoms with Gasteiger partial charge in [-0.05, 0) is 50.2 Å². The van der Waals surface area contributed by atoms with Gasteiger partial charge in [-0.25, -0.2) is 4.63 Å². The summed E-state index contributed by atoms with van der Waals surface area (Å²) in [6.45, 7) is 4.69. The monoisotopic (exact) mass is 375 g/mol. The van der Waals surface area contributed by atoms with Gasteiger partial charge in [0.05, 0.1) is 6.54 Å². The molecule has 0 radical (unpaired) electrons. The Bertz CT molecular complexity index is 873. The van der Waals surface area contributed by atoms with Crippen molar-refractivity contribution in [1.82, 2.24) is 15.2 Å². The molecule has 26 heavy (non-hydrogen) atoms. The Labute approximate surface area is 155 Å². The summed E-state index contributed by atoms with van der Waals surface area (Å²) < 4.78 is 15.9. The first kappa shape index (κ1) is 18.0. The minimum atomic E-state index is -0.229. The molecule has 0 aliphatic heterocycles. The number of hydrogen-bond acceptors (Lipinski definition) is 6. The van der Waals surface area contributed by atoms with E-state index in [9.17, 15) is 4.79 Å². The SMILES string of the molecule is CCN(Cc1nonc1C)C(=O)c1ccc(COc2ccc(Cl)cc2)o1. The zero-order valence-electron chi connectivity index (χ0n) is 14.4. The highest BCUT2D eigenvalue weighted by Gasteiger charge is 2.20. The van der Waals surface area contributed by atoms with E-state index in [1.807, 2.05) is 6.92 Å². The lowest BCUT2D eigenvalue weighted by atomic mass is 10.3. The Kier molecular flexibility index (Phi) is 5.58. The molecule has 2 heterocycles. The molecule has 0 saturated heterocycles. The maximum absolute atomic E-state index is 12.6. The van der Waals surface area contributed by atoms with Gasteiger partial charge in [-0.15, -0.1) is 0 Å². The van der Waals surface area contributed by atoms with Gasteiger partial charge in [0.25, 0.3) is 5.91 Å². The predicted molar refractivity (Wildman–Crippen MR) is 93.9 cm³/mol. The molecule has 0 aliphatic carbocycles. The van der Waals surface area contributed by atoms with Crippen LogP contribution >= 0.6 is 11.6 Å². The molecule has 1 amide bonds. The number of ether oxygens (including phenoxy) is 1. The molecule has 0 saturated carbocycles. The number of carbonyl (C=O) groups excluding carboxylic acids is 1. The van der Waals surface area contributed by atoms with E-state index < -0.39 is 0 Å². The lowest BCUT2D eigenvalue weighted by Gasteiger charge is -2.18. The van der Waals surface area contributed by atoms with Crippen LogP contribution in [0.3, 0.4) is 0 Å². The molecular formula is C18H18ClN3O4. The van der Waals surface area contributed by atoms with Gasteiger partial charge in [0.2, 0.25) is 0 Å². The first-order valence-electron chi connectivity index (χ1n) is 8.11. The Hall–Kier alpha value is -2.80. The molecule has 7 nitrogen and oxygen atoms in total. The van der Waals surface area contributed by atoms with Crippen molar-refractivity contribution in [3.63, 3.8) is 0 Å². The molecule has 0 aliphatic rings. The number of benzene rings is 1. The van der Waals surface area contributed by atoms with Crippen molar-refractivity contribution < 1.29 is 18.6 Å². The summed E-state index contributed by atoms with van der Waals surface area (Å²) in [5, 5.41) is 8.18. The molecule has 0 bridgehead atoms. The molecule has 0 fully saturated rings. The summed E-state index contributed by atoms with van der Waals surface area (Å²) in [7, 11) is 0. The standard InChI is InChI=1S/C18H18ClN3O4/c1-3-22(10-16-12(2)20-26-21-16)18(23)17-9-8-15(25-17)11-24-14-6-4-13(19)5-7-14/h4-9H,3,10-11H2,1-2H3. The number of aromatic nitrogens is 2. The van der Waals surface area contributed by atoms with E-state index in [4.69, 9.17) is 20.8 Å². The Morgan fingerprint density at radius 2 is 1.96 bits per heavy atom. The average molecular weight is 376 g/mol. The van der Waals surface area contributed by atoms with Crippen LogP contribution in [0.4, 0.5) is 0 Å². The average Bonchev–Trinajstić information content (AvgIpc) is 3.28. The van der Waals surface area contributed by atoms with Crippen molar-refractivity contribution in [1.29, 1.82) is 0 Å². The summed E-state index contributed by atoms with van der Waals surface area (Å²) in [6, 6.07) is 10.4. The van der Waals surface area contributed by atoms with E-state index in [2.05, 4.69) is 14.9 Å². The molecule has 2 aromatic heterocycles. The maximum Gasteiger partial charge on any atom is 0.289 e. The molecule has 0 atom stereocenters. The summed E-state index contributed by atoms with van der Waals surface area (Å²) in [5.41, 5.74) is 1.28. The number of amides is 1. The van der Waals surface area contributed by atoms with Crippen molar-refractivity contribution in [3.05, 3.63) is 64.3 Å². The van der Waals surface area contributed by atoms with Gasteiger partial charge in [-0.3, -0.25) is 4.79 Å². The van der Waals surface area contributed by atoms with E-state index >= 15 is 0 Å². The van der Waals surface area contributed by atoms with Gasteiger partial charge in [0.1, 0.15) is 29.5 Å². The van der Waals surface area contributed by atoms with Crippen molar-refractivity contribution in [2.24, 2.45) is 0 Å². The van der Waals surface area contributed by atoms with Gasteiger partial charge >= 0.3 is 0 Å². The molecule has 136 valence electrons. The summed E-state index contributed by atoms with van der Waals surface area (Å²) >= 11 is 5.84. The maximum atomic E-state index is 12.6. The molecule has 3 rings (SSSR count). The third-order valence-electron chi connectivity index (χ3n) is 3.82. The number of rotatable bonds is 7. The fourth-order valence-electron chi connectivity index (χ4n) is 2.31. The topological polar surface area (TPSA) is 81.6 Å². The number of halogens is 1. The lowest BCUT2D eigenvalue weighted by molar-refractivity contribution is 0.0712. The predicted octanol–water partition coefficient (Wildman–Crippen LogP) is 3.87. The minimum Gasteiger partial charge on any atom is -0.486 e. The lowest BCUT2D eigenvalue weighted by Crippen LogP contribution is -2.30. The van der Waals surface area contributed by atoms with Crippen LogP contribution in [0.2, 0.25) is 5.02 Å². The second-order valence-corrected chi connectivity index (χ2v) is 6.06. The molecule has 3 aromatic rings. The number of carbonyl (C=O) groups is 1. The van der Waals surface area contributed by atoms with E-state index in [1.54, 1.807) is 48.2 Å². The molecule has 1 aromatic carbocycles. The van der Waals surface area contributed by atoms with Crippen LogP contribution < -0.4 is 4.74 Å². The fraction of sp³-hybridized carbons (Fsp3) is 0.278. The molecule has 0 spiro atoms. The van der Waals surface area contributed by atoms with Crippen LogP contribution in [0.15, 0.2) is 45.4 Å². The summed E-state index contributed by atoms with van der Waals surface area (Å²) in [6.07, 6.45) is 0. The molecule has 0 unspecified atom stereocenters. The number of nitrogens with zero attached hydrogens (tertiary/aromatic N) is 3. The quantitative estimate of drug-likeness (QED) is 0.623. The van der Waals surface area contributed by atoms with Crippen LogP contribution in [0.5, 0.6) is 5.75 Å². The van der Waals surface area contributed by atoms with Crippen molar-refractivity contribution in [2.45, 2.75) is 27.0 Å². The number of furan rings is 1. The van der Waals surface area contributed by atoms with Crippen molar-refractivity contribution in [2.75, 3.05) is 6.54 Å². The second kappa shape index (κ2) is 8.05. The third-order valence-corrected chi connectivity index (χ3v) is 4.08. The third kappa shape index (κ3) is 4.23. The van der Waals surface area contributed by atoms with Crippen LogP contribution in [-0.4, -0.2) is 27.7 Å². The first-order chi connectivity index (χ1) is 12.6. The van der Waals surface area contributed by atoms with Gasteiger partial charge < -0.3 is 14.1 Å². The number of hydrogen-bond donors (Lipinski definition) is 0. The van der Waals surface area contributed by atoms with Crippen LogP contribution in [0.1, 0.15) is 34.6 Å². The van der Waals surface area contributed by atoms with E-state index in [0.29, 0.717) is 41.0 Å². The Balaban J connectivity index is 1.62. The highest BCUT2D eigenvalue weighted by Crippen LogP contribution is 2.18. The molecule has 8 heteroatoms. The smallest absolute Gasteiger partial charge is 0.289 e. The summed E-state index contributed by atoms with van der Waals surface area (Å²) in [4.78, 5) is 14.2. The number of aryl methyl sites for hydroxylation is 1. The second-order valence-electron chi connectivity index (χ2n) is 5.62. The first-order valence-corrected chi connectivity index (χ1v) is 8.49. The van der Waals surface area contributed by atoms with Gasteiger partial charge in [-0.2, -0.15) is 0 Å². The zero-order valence-corrected chi connectivity index (χ0v) is 15.2. The zero-order chi connectivity index (χ0) is 18.5. The van der Waals surface area contributed by atoms with Gasteiger partial charge in [0, 0.05) is 11.6 Å². The highest BCUT2D eigenvalue weighted by atomic mass is 35.5. The van der Waals surface area contributed by atoms with Crippen molar-refractivity contribution in [3.8, 4) is 5.75 Å².